The van der Waals surface area contributed by atoms with Crippen molar-refractivity contribution >= 4 is 18.0 Å². The van der Waals surface area contributed by atoms with Gasteiger partial charge in [0.2, 0.25) is 6.04 Å². The van der Waals surface area contributed by atoms with E-state index in [4.69, 9.17) is 0 Å². The van der Waals surface area contributed by atoms with E-state index in [0.717, 1.165) is 17.4 Å². The highest BCUT2D eigenvalue weighted by Crippen LogP contribution is 2.71. The summed E-state index contributed by atoms with van der Waals surface area (Å²) in [6.45, 7) is 1.99. The maximum absolute atomic E-state index is 11.4. The number of thioether (sulfide) groups is 1. The van der Waals surface area contributed by atoms with Crippen molar-refractivity contribution in [2.24, 2.45) is 11.3 Å². The molecular formula is C13H13NO3S. The van der Waals surface area contributed by atoms with Gasteiger partial charge in [-0.25, -0.2) is 0 Å². The molecule has 0 N–H and O–H groups in total. The van der Waals surface area contributed by atoms with Gasteiger partial charge in [0.05, 0.1) is 5.92 Å². The van der Waals surface area contributed by atoms with Crippen LogP contribution >= 0.6 is 11.8 Å². The zero-order valence-electron chi connectivity index (χ0n) is 9.91. The molecule has 0 spiro atoms. The minimum atomic E-state index is -0.762. The maximum Gasteiger partial charge on any atom is 0.232 e. The highest BCUT2D eigenvalue weighted by molar-refractivity contribution is 8.00. The van der Waals surface area contributed by atoms with Crippen molar-refractivity contribution in [2.75, 3.05) is 5.75 Å². The van der Waals surface area contributed by atoms with Crippen LogP contribution < -0.4 is 0 Å². The molecule has 3 rings (SSSR count). The molecule has 0 aromatic heterocycles. The topological polar surface area (TPSA) is 60.2 Å². The van der Waals surface area contributed by atoms with E-state index in [2.05, 4.69) is 0 Å². The molecule has 1 heterocycles. The summed E-state index contributed by atoms with van der Waals surface area (Å²) in [5, 5.41) is 11.0. The van der Waals surface area contributed by atoms with Gasteiger partial charge in [0, 0.05) is 15.9 Å². The van der Waals surface area contributed by atoms with Gasteiger partial charge >= 0.3 is 0 Å². The van der Waals surface area contributed by atoms with Crippen LogP contribution in [0.2, 0.25) is 0 Å². The molecule has 0 bridgehead atoms. The van der Waals surface area contributed by atoms with Crippen LogP contribution in [0.5, 0.6) is 0 Å². The average Bonchev–Trinajstić information content (AvgIpc) is 2.86. The number of nitro groups is 1. The van der Waals surface area contributed by atoms with Crippen molar-refractivity contribution < 1.29 is 9.72 Å². The number of carbonyl (C=O) groups is 1. The van der Waals surface area contributed by atoms with Gasteiger partial charge in [-0.2, -0.15) is 11.8 Å². The van der Waals surface area contributed by atoms with Gasteiger partial charge in [0.25, 0.3) is 0 Å². The molecule has 4 nitrogen and oxygen atoms in total. The fourth-order valence-corrected chi connectivity index (χ4v) is 5.05. The Labute approximate surface area is 109 Å². The number of carbonyl (C=O) groups excluding carboxylic acids is 1. The molecule has 2 fully saturated rings. The summed E-state index contributed by atoms with van der Waals surface area (Å²) in [5.41, 5.74) is 1.40. The summed E-state index contributed by atoms with van der Waals surface area (Å²) < 4.78 is 0. The molecular weight excluding hydrogens is 250 g/mol. The Hall–Kier alpha value is -1.36. The van der Waals surface area contributed by atoms with Crippen molar-refractivity contribution in [3.05, 3.63) is 45.5 Å². The van der Waals surface area contributed by atoms with Crippen LogP contribution in [0, 0.1) is 28.4 Å². The first kappa shape index (κ1) is 11.7. The van der Waals surface area contributed by atoms with E-state index in [9.17, 15) is 14.9 Å². The molecule has 1 saturated carbocycles. The molecule has 94 valence electrons. The van der Waals surface area contributed by atoms with Gasteiger partial charge < -0.3 is 4.79 Å². The van der Waals surface area contributed by atoms with E-state index in [1.807, 2.05) is 31.2 Å². The van der Waals surface area contributed by atoms with Crippen LogP contribution in [-0.2, 0) is 4.79 Å². The molecule has 1 saturated heterocycles. The van der Waals surface area contributed by atoms with E-state index in [-0.39, 0.29) is 16.1 Å². The number of hydrogen-bond donors (Lipinski definition) is 0. The Balaban J connectivity index is 1.99. The van der Waals surface area contributed by atoms with E-state index in [1.54, 1.807) is 11.8 Å². The maximum atomic E-state index is 11.4. The molecule has 1 aromatic rings. The van der Waals surface area contributed by atoms with Gasteiger partial charge in [-0.1, -0.05) is 29.8 Å². The Morgan fingerprint density at radius 1 is 1.56 bits per heavy atom. The Kier molecular flexibility index (Phi) is 2.48. The number of nitrogens with zero attached hydrogens (tertiary/aromatic N) is 1. The summed E-state index contributed by atoms with van der Waals surface area (Å²) in [6.07, 6.45) is 0.831. The minimum Gasteiger partial charge on any atom is -0.302 e. The molecule has 5 heteroatoms. The third-order valence-corrected chi connectivity index (χ3v) is 5.66. The first-order valence-electron chi connectivity index (χ1n) is 5.89. The Bertz CT molecular complexity index is 533. The lowest BCUT2D eigenvalue weighted by atomic mass is 9.94. The van der Waals surface area contributed by atoms with Crippen LogP contribution in [0.4, 0.5) is 0 Å². The summed E-state index contributed by atoms with van der Waals surface area (Å²) in [7, 11) is 0. The van der Waals surface area contributed by atoms with Crippen LogP contribution in [0.3, 0.4) is 0 Å². The lowest BCUT2D eigenvalue weighted by Gasteiger charge is -2.18. The molecule has 1 aliphatic heterocycles. The summed E-state index contributed by atoms with van der Waals surface area (Å²) in [5.74, 6) is 0.628. The standard InChI is InChI=1S/C13H13NO3S/c1-8-3-2-4-9(5-8)12-13(7-15)10(6-18-12)11(13)14(16)17/h2-5,7,10-12H,6H2,1H3/t10-,11-,12-,13-/m1/s1. The monoisotopic (exact) mass is 263 g/mol. The second-order valence-electron chi connectivity index (χ2n) is 5.08. The average molecular weight is 263 g/mol. The first-order valence-corrected chi connectivity index (χ1v) is 6.94. The Morgan fingerprint density at radius 3 is 2.89 bits per heavy atom. The highest BCUT2D eigenvalue weighted by Gasteiger charge is 2.80. The summed E-state index contributed by atoms with van der Waals surface area (Å²) in [4.78, 5) is 22.2. The quantitative estimate of drug-likeness (QED) is 0.476. The van der Waals surface area contributed by atoms with Crippen LogP contribution in [-0.4, -0.2) is 23.0 Å². The van der Waals surface area contributed by atoms with Crippen LogP contribution in [0.25, 0.3) is 0 Å². The highest BCUT2D eigenvalue weighted by atomic mass is 32.2. The predicted octanol–water partition coefficient (Wildman–Crippen LogP) is 2.24. The van der Waals surface area contributed by atoms with Gasteiger partial charge in [-0.05, 0) is 12.5 Å². The van der Waals surface area contributed by atoms with Crippen molar-refractivity contribution in [2.45, 2.75) is 18.2 Å². The van der Waals surface area contributed by atoms with E-state index in [1.165, 1.54) is 0 Å². The number of fused-ring (bicyclic) bond motifs is 1. The second-order valence-corrected chi connectivity index (χ2v) is 6.22. The van der Waals surface area contributed by atoms with Gasteiger partial charge in [0.15, 0.2) is 0 Å². The molecule has 18 heavy (non-hydrogen) atoms. The molecule has 0 radical (unpaired) electrons. The second kappa shape index (κ2) is 3.82. The molecule has 0 amide bonds. The largest absolute Gasteiger partial charge is 0.302 e. The van der Waals surface area contributed by atoms with Crippen molar-refractivity contribution in [3.8, 4) is 0 Å². The van der Waals surface area contributed by atoms with E-state index < -0.39 is 11.5 Å². The number of benzene rings is 1. The number of aryl methyl sites for hydroxylation is 1. The van der Waals surface area contributed by atoms with Gasteiger partial charge in [-0.15, -0.1) is 0 Å². The lowest BCUT2D eigenvalue weighted by Crippen LogP contribution is -2.21. The fourth-order valence-electron chi connectivity index (χ4n) is 3.18. The van der Waals surface area contributed by atoms with Crippen molar-refractivity contribution in [1.82, 2.24) is 0 Å². The van der Waals surface area contributed by atoms with Gasteiger partial charge in [-0.3, -0.25) is 10.1 Å². The zero-order chi connectivity index (χ0) is 12.9. The predicted molar refractivity (Wildman–Crippen MR) is 69.1 cm³/mol. The van der Waals surface area contributed by atoms with E-state index in [0.29, 0.717) is 5.75 Å². The third kappa shape index (κ3) is 1.37. The zero-order valence-corrected chi connectivity index (χ0v) is 10.7. The van der Waals surface area contributed by atoms with Crippen LogP contribution in [0.1, 0.15) is 16.4 Å². The summed E-state index contributed by atoms with van der Waals surface area (Å²) >= 11 is 1.67. The minimum absolute atomic E-state index is 0.0599. The Morgan fingerprint density at radius 2 is 2.33 bits per heavy atom. The van der Waals surface area contributed by atoms with Gasteiger partial charge in [0.1, 0.15) is 11.7 Å². The van der Waals surface area contributed by atoms with Crippen LogP contribution in [0.15, 0.2) is 24.3 Å². The molecule has 1 aliphatic carbocycles. The third-order valence-electron chi connectivity index (χ3n) is 4.10. The fraction of sp³-hybridized carbons (Fsp3) is 0.462. The number of aldehydes is 1. The first-order chi connectivity index (χ1) is 8.61. The lowest BCUT2D eigenvalue weighted by molar-refractivity contribution is -0.503. The molecule has 4 atom stereocenters. The SMILES string of the molecule is Cc1cccc([C@H]2SC[C@@H]3[C@@H]([N+](=O)[O-])[C@]23C=O)c1. The van der Waals surface area contributed by atoms with Crippen molar-refractivity contribution in [3.63, 3.8) is 0 Å². The smallest absolute Gasteiger partial charge is 0.232 e. The normalized spacial score (nSPS) is 37.1. The number of rotatable bonds is 3. The molecule has 1 aromatic carbocycles. The molecule has 0 unspecified atom stereocenters. The molecule has 2 aliphatic rings. The van der Waals surface area contributed by atoms with E-state index >= 15 is 0 Å². The number of hydrogen-bond acceptors (Lipinski definition) is 4. The summed E-state index contributed by atoms with van der Waals surface area (Å²) in [6, 6.07) is 7.25. The van der Waals surface area contributed by atoms with Crippen molar-refractivity contribution in [1.29, 1.82) is 0 Å².